The lowest BCUT2D eigenvalue weighted by molar-refractivity contribution is 0.249. The number of anilines is 1. The van der Waals surface area contributed by atoms with Gasteiger partial charge in [0.05, 0.1) is 0 Å². The molecule has 1 aliphatic heterocycles. The van der Waals surface area contributed by atoms with E-state index in [9.17, 15) is 0 Å². The van der Waals surface area contributed by atoms with Crippen LogP contribution in [0.25, 0.3) is 5.78 Å². The average molecular weight is 322 g/mol. The monoisotopic (exact) mass is 322 g/mol. The number of benzene rings is 1. The molecule has 0 saturated carbocycles. The lowest BCUT2D eigenvalue weighted by Crippen LogP contribution is -2.47. The highest BCUT2D eigenvalue weighted by molar-refractivity contribution is 5.54. The summed E-state index contributed by atoms with van der Waals surface area (Å²) in [5.74, 6) is 1.81. The zero-order chi connectivity index (χ0) is 16.5. The summed E-state index contributed by atoms with van der Waals surface area (Å²) in [6.07, 6.45) is 1.58. The van der Waals surface area contributed by atoms with Crippen molar-refractivity contribution in [1.82, 2.24) is 24.5 Å². The fraction of sp³-hybridized carbons (Fsp3) is 0.389. The maximum absolute atomic E-state index is 4.51. The first kappa shape index (κ1) is 15.1. The number of fused-ring (bicyclic) bond motifs is 1. The van der Waals surface area contributed by atoms with E-state index >= 15 is 0 Å². The predicted octanol–water partition coefficient (Wildman–Crippen LogP) is 2.06. The molecule has 124 valence electrons. The van der Waals surface area contributed by atoms with Gasteiger partial charge in [-0.05, 0) is 19.4 Å². The standard InChI is InChI=1S/C18H22N6/c1-14-15(2)21-18-19-13-20-24(18)17(14)23-10-8-22(9-11-23)12-16-6-4-3-5-7-16/h3-7,13H,8-12H2,1-2H3. The molecule has 6 heteroatoms. The summed E-state index contributed by atoms with van der Waals surface area (Å²) >= 11 is 0. The van der Waals surface area contributed by atoms with E-state index in [1.165, 1.54) is 11.1 Å². The second-order valence-corrected chi connectivity index (χ2v) is 6.37. The van der Waals surface area contributed by atoms with Crippen LogP contribution < -0.4 is 4.90 Å². The smallest absolute Gasteiger partial charge is 0.254 e. The number of aromatic nitrogens is 4. The molecule has 24 heavy (non-hydrogen) atoms. The first-order valence-electron chi connectivity index (χ1n) is 8.40. The Morgan fingerprint density at radius 3 is 2.50 bits per heavy atom. The van der Waals surface area contributed by atoms with Crippen molar-refractivity contribution < 1.29 is 0 Å². The Morgan fingerprint density at radius 2 is 1.75 bits per heavy atom. The molecule has 0 N–H and O–H groups in total. The van der Waals surface area contributed by atoms with Crippen molar-refractivity contribution >= 4 is 11.6 Å². The van der Waals surface area contributed by atoms with Crippen LogP contribution in [0.3, 0.4) is 0 Å². The number of rotatable bonds is 3. The Kier molecular flexibility index (Phi) is 3.90. The van der Waals surface area contributed by atoms with Gasteiger partial charge >= 0.3 is 0 Å². The number of hydrogen-bond donors (Lipinski definition) is 0. The highest BCUT2D eigenvalue weighted by atomic mass is 15.4. The molecule has 3 heterocycles. The van der Waals surface area contributed by atoms with E-state index in [-0.39, 0.29) is 0 Å². The van der Waals surface area contributed by atoms with Gasteiger partial charge in [-0.3, -0.25) is 4.90 Å². The van der Waals surface area contributed by atoms with Crippen LogP contribution >= 0.6 is 0 Å². The quantitative estimate of drug-likeness (QED) is 0.739. The summed E-state index contributed by atoms with van der Waals surface area (Å²) in [7, 11) is 0. The Balaban J connectivity index is 1.52. The molecular weight excluding hydrogens is 300 g/mol. The largest absolute Gasteiger partial charge is 0.354 e. The van der Waals surface area contributed by atoms with Gasteiger partial charge in [-0.25, -0.2) is 4.98 Å². The maximum atomic E-state index is 4.51. The molecule has 2 aromatic heterocycles. The molecular formula is C18H22N6. The number of nitrogens with zero attached hydrogens (tertiary/aromatic N) is 6. The Bertz CT molecular complexity index is 833. The van der Waals surface area contributed by atoms with Crippen molar-refractivity contribution in [2.75, 3.05) is 31.1 Å². The lowest BCUT2D eigenvalue weighted by atomic mass is 10.2. The minimum Gasteiger partial charge on any atom is -0.354 e. The molecule has 4 rings (SSSR count). The van der Waals surface area contributed by atoms with Crippen molar-refractivity contribution in [1.29, 1.82) is 0 Å². The number of aryl methyl sites for hydroxylation is 1. The fourth-order valence-electron chi connectivity index (χ4n) is 3.35. The van der Waals surface area contributed by atoms with Crippen LogP contribution in [0.5, 0.6) is 0 Å². The summed E-state index contributed by atoms with van der Waals surface area (Å²) < 4.78 is 1.87. The van der Waals surface area contributed by atoms with Gasteiger partial charge in [0, 0.05) is 44.0 Å². The van der Waals surface area contributed by atoms with E-state index in [1.807, 2.05) is 11.4 Å². The topological polar surface area (TPSA) is 49.6 Å². The third-order valence-electron chi connectivity index (χ3n) is 4.80. The molecule has 1 saturated heterocycles. The molecule has 1 fully saturated rings. The second-order valence-electron chi connectivity index (χ2n) is 6.37. The predicted molar refractivity (Wildman–Crippen MR) is 94.2 cm³/mol. The average Bonchev–Trinajstić information content (AvgIpc) is 3.06. The van der Waals surface area contributed by atoms with Crippen LogP contribution in [-0.2, 0) is 6.54 Å². The van der Waals surface area contributed by atoms with Crippen LogP contribution in [0, 0.1) is 13.8 Å². The van der Waals surface area contributed by atoms with Crippen LogP contribution in [0.15, 0.2) is 36.7 Å². The summed E-state index contributed by atoms with van der Waals surface area (Å²) in [4.78, 5) is 13.7. The molecule has 1 aliphatic rings. The molecule has 0 spiro atoms. The van der Waals surface area contributed by atoms with E-state index in [2.05, 4.69) is 62.1 Å². The normalized spacial score (nSPS) is 16.0. The molecule has 0 radical (unpaired) electrons. The van der Waals surface area contributed by atoms with Crippen molar-refractivity contribution in [3.05, 3.63) is 53.5 Å². The van der Waals surface area contributed by atoms with Crippen molar-refractivity contribution in [3.8, 4) is 0 Å². The molecule has 3 aromatic rings. The van der Waals surface area contributed by atoms with E-state index in [1.54, 1.807) is 6.33 Å². The number of piperazine rings is 1. The van der Waals surface area contributed by atoms with E-state index in [0.29, 0.717) is 5.78 Å². The van der Waals surface area contributed by atoms with E-state index in [4.69, 9.17) is 0 Å². The molecule has 6 nitrogen and oxygen atoms in total. The van der Waals surface area contributed by atoms with Gasteiger partial charge in [0.25, 0.3) is 5.78 Å². The highest BCUT2D eigenvalue weighted by Crippen LogP contribution is 2.23. The third-order valence-corrected chi connectivity index (χ3v) is 4.80. The zero-order valence-electron chi connectivity index (χ0n) is 14.2. The van der Waals surface area contributed by atoms with Gasteiger partial charge in [0.1, 0.15) is 12.1 Å². The van der Waals surface area contributed by atoms with Crippen molar-refractivity contribution in [3.63, 3.8) is 0 Å². The molecule has 0 amide bonds. The molecule has 0 aliphatic carbocycles. The van der Waals surface area contributed by atoms with Gasteiger partial charge in [-0.2, -0.15) is 14.6 Å². The first-order valence-corrected chi connectivity index (χ1v) is 8.40. The summed E-state index contributed by atoms with van der Waals surface area (Å²) in [5.41, 5.74) is 3.59. The molecule has 0 bridgehead atoms. The molecule has 0 atom stereocenters. The van der Waals surface area contributed by atoms with Crippen LogP contribution in [0.1, 0.15) is 16.8 Å². The van der Waals surface area contributed by atoms with Gasteiger partial charge in [0.2, 0.25) is 0 Å². The summed E-state index contributed by atoms with van der Waals surface area (Å²) in [6.45, 7) is 9.26. The van der Waals surface area contributed by atoms with Crippen LogP contribution in [0.4, 0.5) is 5.82 Å². The lowest BCUT2D eigenvalue weighted by Gasteiger charge is -2.36. The highest BCUT2D eigenvalue weighted by Gasteiger charge is 2.22. The van der Waals surface area contributed by atoms with Crippen molar-refractivity contribution in [2.24, 2.45) is 0 Å². The van der Waals surface area contributed by atoms with Gasteiger partial charge < -0.3 is 4.90 Å². The second kappa shape index (κ2) is 6.20. The minimum atomic E-state index is 0.680. The molecule has 1 aromatic carbocycles. The Hall–Kier alpha value is -2.47. The van der Waals surface area contributed by atoms with Crippen molar-refractivity contribution in [2.45, 2.75) is 20.4 Å². The minimum absolute atomic E-state index is 0.680. The molecule has 0 unspecified atom stereocenters. The van der Waals surface area contributed by atoms with E-state index in [0.717, 1.165) is 44.2 Å². The Labute approximate surface area is 141 Å². The Morgan fingerprint density at radius 1 is 1.00 bits per heavy atom. The van der Waals surface area contributed by atoms with Gasteiger partial charge in [0.15, 0.2) is 0 Å². The number of hydrogen-bond acceptors (Lipinski definition) is 5. The zero-order valence-corrected chi connectivity index (χ0v) is 14.2. The first-order chi connectivity index (χ1) is 11.7. The van der Waals surface area contributed by atoms with Gasteiger partial charge in [-0.1, -0.05) is 30.3 Å². The van der Waals surface area contributed by atoms with Gasteiger partial charge in [-0.15, -0.1) is 0 Å². The fourth-order valence-corrected chi connectivity index (χ4v) is 3.35. The van der Waals surface area contributed by atoms with Crippen LogP contribution in [-0.4, -0.2) is 50.7 Å². The van der Waals surface area contributed by atoms with E-state index < -0.39 is 0 Å². The third kappa shape index (κ3) is 2.73. The SMILES string of the molecule is Cc1nc2ncnn2c(N2CCN(Cc3ccccc3)CC2)c1C. The summed E-state index contributed by atoms with van der Waals surface area (Å²) in [5, 5.41) is 4.37. The maximum Gasteiger partial charge on any atom is 0.254 e. The summed E-state index contributed by atoms with van der Waals surface area (Å²) in [6, 6.07) is 10.7. The van der Waals surface area contributed by atoms with Crippen LogP contribution in [0.2, 0.25) is 0 Å².